The third-order valence-electron chi connectivity index (χ3n) is 1.92. The molecule has 3 nitrogen and oxygen atoms in total. The summed E-state index contributed by atoms with van der Waals surface area (Å²) in [5.74, 6) is 0.534. The molecule has 1 aromatic carbocycles. The molecule has 0 aliphatic heterocycles. The third kappa shape index (κ3) is 5.15. The van der Waals surface area contributed by atoms with Crippen LogP contribution in [-0.4, -0.2) is 29.7 Å². The maximum Gasteiger partial charge on any atom is 0.328 e. The van der Waals surface area contributed by atoms with Crippen LogP contribution in [-0.2, 0) is 4.79 Å². The van der Waals surface area contributed by atoms with Crippen molar-refractivity contribution in [2.45, 2.75) is 0 Å². The Kier molecular flexibility index (Phi) is 5.94. The van der Waals surface area contributed by atoms with Gasteiger partial charge in [0.2, 0.25) is 0 Å². The normalized spacial score (nSPS) is 10.7. The number of halogens is 1. The van der Waals surface area contributed by atoms with Crippen molar-refractivity contribution in [3.8, 4) is 5.75 Å². The minimum Gasteiger partial charge on any atom is -0.491 e. The van der Waals surface area contributed by atoms with Crippen LogP contribution in [0.4, 0.5) is 0 Å². The predicted octanol–water partition coefficient (Wildman–Crippen LogP) is 3.18. The number of ether oxygens (including phenoxy) is 1. The molecule has 0 aromatic heterocycles. The smallest absolute Gasteiger partial charge is 0.328 e. The molecule has 17 heavy (non-hydrogen) atoms. The number of carboxylic acid groups (broad SMARTS) is 1. The van der Waals surface area contributed by atoms with E-state index in [1.165, 1.54) is 6.08 Å². The SMILES string of the molecule is CSCCOc1ccc(/C=C/C(=O)O)cc1Cl. The van der Waals surface area contributed by atoms with Crippen molar-refractivity contribution in [3.63, 3.8) is 0 Å². The molecule has 1 rings (SSSR count). The lowest BCUT2D eigenvalue weighted by atomic mass is 10.2. The largest absolute Gasteiger partial charge is 0.491 e. The van der Waals surface area contributed by atoms with Crippen molar-refractivity contribution in [3.05, 3.63) is 34.9 Å². The van der Waals surface area contributed by atoms with E-state index in [1.807, 2.05) is 6.26 Å². The molecule has 0 amide bonds. The second-order valence-corrected chi connectivity index (χ2v) is 4.60. The quantitative estimate of drug-likeness (QED) is 0.638. The van der Waals surface area contributed by atoms with Gasteiger partial charge in [0.05, 0.1) is 11.6 Å². The van der Waals surface area contributed by atoms with Gasteiger partial charge in [-0.25, -0.2) is 4.79 Å². The van der Waals surface area contributed by atoms with Gasteiger partial charge in [0.15, 0.2) is 0 Å². The van der Waals surface area contributed by atoms with Gasteiger partial charge in [0.1, 0.15) is 5.75 Å². The van der Waals surface area contributed by atoms with Gasteiger partial charge < -0.3 is 9.84 Å². The minimum atomic E-state index is -0.985. The lowest BCUT2D eigenvalue weighted by Gasteiger charge is -2.07. The molecule has 0 fully saturated rings. The van der Waals surface area contributed by atoms with Crippen molar-refractivity contribution in [1.82, 2.24) is 0 Å². The Balaban J connectivity index is 2.69. The number of thioether (sulfide) groups is 1. The van der Waals surface area contributed by atoms with Crippen LogP contribution in [0.1, 0.15) is 5.56 Å². The van der Waals surface area contributed by atoms with Crippen LogP contribution in [0.2, 0.25) is 5.02 Å². The molecule has 1 N–H and O–H groups in total. The zero-order valence-corrected chi connectivity index (χ0v) is 10.9. The Morgan fingerprint density at radius 1 is 1.59 bits per heavy atom. The zero-order valence-electron chi connectivity index (χ0n) is 9.35. The highest BCUT2D eigenvalue weighted by molar-refractivity contribution is 7.98. The van der Waals surface area contributed by atoms with Crippen LogP contribution < -0.4 is 4.74 Å². The molecule has 0 spiro atoms. The number of carboxylic acids is 1. The van der Waals surface area contributed by atoms with E-state index in [-0.39, 0.29) is 0 Å². The van der Waals surface area contributed by atoms with Crippen LogP contribution in [0.5, 0.6) is 5.75 Å². The van der Waals surface area contributed by atoms with E-state index in [4.69, 9.17) is 21.4 Å². The molecule has 0 saturated carbocycles. The minimum absolute atomic E-state index is 0.485. The van der Waals surface area contributed by atoms with Gasteiger partial charge >= 0.3 is 5.97 Å². The van der Waals surface area contributed by atoms with Crippen LogP contribution in [0.25, 0.3) is 6.08 Å². The Bertz CT molecular complexity index is 418. The van der Waals surface area contributed by atoms with Crippen LogP contribution >= 0.6 is 23.4 Å². The molecule has 0 radical (unpaired) electrons. The first-order valence-electron chi connectivity index (χ1n) is 4.96. The van der Waals surface area contributed by atoms with Crippen molar-refractivity contribution in [1.29, 1.82) is 0 Å². The standard InChI is InChI=1S/C12H13ClO3S/c1-17-7-6-16-11-4-2-9(8-10(11)13)3-5-12(14)15/h2-5,8H,6-7H2,1H3,(H,14,15)/b5-3+. The maximum absolute atomic E-state index is 10.4. The molecule has 0 aliphatic rings. The van der Waals surface area contributed by atoms with E-state index in [1.54, 1.807) is 30.0 Å². The van der Waals surface area contributed by atoms with Crippen molar-refractivity contribution < 1.29 is 14.6 Å². The van der Waals surface area contributed by atoms with E-state index in [0.29, 0.717) is 17.4 Å². The lowest BCUT2D eigenvalue weighted by molar-refractivity contribution is -0.131. The summed E-state index contributed by atoms with van der Waals surface area (Å²) in [6.45, 7) is 0.602. The monoisotopic (exact) mass is 272 g/mol. The Labute approximate surface area is 109 Å². The summed E-state index contributed by atoms with van der Waals surface area (Å²) in [6.07, 6.45) is 4.56. The molecule has 0 bridgehead atoms. The van der Waals surface area contributed by atoms with E-state index in [0.717, 1.165) is 17.4 Å². The van der Waals surface area contributed by atoms with E-state index >= 15 is 0 Å². The Morgan fingerprint density at radius 2 is 2.35 bits per heavy atom. The second-order valence-electron chi connectivity index (χ2n) is 3.20. The highest BCUT2D eigenvalue weighted by Gasteiger charge is 2.01. The average molecular weight is 273 g/mol. The van der Waals surface area contributed by atoms with E-state index < -0.39 is 5.97 Å². The number of benzene rings is 1. The fraction of sp³-hybridized carbons (Fsp3) is 0.250. The molecule has 5 heteroatoms. The van der Waals surface area contributed by atoms with Crippen molar-refractivity contribution in [2.75, 3.05) is 18.6 Å². The van der Waals surface area contributed by atoms with Crippen molar-refractivity contribution in [2.24, 2.45) is 0 Å². The van der Waals surface area contributed by atoms with Crippen LogP contribution in [0.15, 0.2) is 24.3 Å². The topological polar surface area (TPSA) is 46.5 Å². The summed E-state index contributed by atoms with van der Waals surface area (Å²) in [5.41, 5.74) is 0.731. The number of aliphatic carboxylic acids is 1. The number of hydrogen-bond donors (Lipinski definition) is 1. The van der Waals surface area contributed by atoms with Gasteiger partial charge in [-0.05, 0) is 30.0 Å². The van der Waals surface area contributed by atoms with Gasteiger partial charge in [0, 0.05) is 11.8 Å². The van der Waals surface area contributed by atoms with Crippen molar-refractivity contribution >= 4 is 35.4 Å². The lowest BCUT2D eigenvalue weighted by Crippen LogP contribution is -2.00. The Morgan fingerprint density at radius 3 is 2.94 bits per heavy atom. The first-order chi connectivity index (χ1) is 8.13. The molecular formula is C12H13ClO3S. The van der Waals surface area contributed by atoms with Gasteiger partial charge in [0.25, 0.3) is 0 Å². The van der Waals surface area contributed by atoms with Gasteiger partial charge in [-0.2, -0.15) is 11.8 Å². The summed E-state index contributed by atoms with van der Waals surface area (Å²) in [7, 11) is 0. The third-order valence-corrected chi connectivity index (χ3v) is 2.79. The Hall–Kier alpha value is -1.13. The van der Waals surface area contributed by atoms with Gasteiger partial charge in [-0.15, -0.1) is 0 Å². The van der Waals surface area contributed by atoms with E-state index in [2.05, 4.69) is 0 Å². The molecule has 0 atom stereocenters. The summed E-state index contributed by atoms with van der Waals surface area (Å²) < 4.78 is 5.46. The molecule has 0 unspecified atom stereocenters. The summed E-state index contributed by atoms with van der Waals surface area (Å²) in [5, 5.41) is 8.98. The average Bonchev–Trinajstić information content (AvgIpc) is 2.29. The second kappa shape index (κ2) is 7.25. The molecule has 1 aromatic rings. The fourth-order valence-electron chi connectivity index (χ4n) is 1.14. The highest BCUT2D eigenvalue weighted by atomic mass is 35.5. The summed E-state index contributed by atoms with van der Waals surface area (Å²) >= 11 is 7.71. The van der Waals surface area contributed by atoms with Gasteiger partial charge in [-0.3, -0.25) is 0 Å². The molecule has 0 heterocycles. The van der Waals surface area contributed by atoms with Gasteiger partial charge in [-0.1, -0.05) is 17.7 Å². The molecular weight excluding hydrogens is 260 g/mol. The fourth-order valence-corrected chi connectivity index (χ4v) is 1.63. The van der Waals surface area contributed by atoms with E-state index in [9.17, 15) is 4.79 Å². The number of rotatable bonds is 6. The molecule has 0 aliphatic carbocycles. The van der Waals surface area contributed by atoms with Crippen LogP contribution in [0.3, 0.4) is 0 Å². The number of carbonyl (C=O) groups is 1. The predicted molar refractivity (Wildman–Crippen MR) is 72.0 cm³/mol. The number of hydrogen-bond acceptors (Lipinski definition) is 3. The molecule has 92 valence electrons. The highest BCUT2D eigenvalue weighted by Crippen LogP contribution is 2.26. The van der Waals surface area contributed by atoms with Crippen LogP contribution in [0, 0.1) is 0 Å². The summed E-state index contributed by atoms with van der Waals surface area (Å²) in [6, 6.07) is 5.18. The summed E-state index contributed by atoms with van der Waals surface area (Å²) in [4.78, 5) is 10.4. The first-order valence-corrected chi connectivity index (χ1v) is 6.73. The first kappa shape index (κ1) is 13.9. The maximum atomic E-state index is 10.4. The zero-order chi connectivity index (χ0) is 12.7. The molecule has 0 saturated heterocycles.